The van der Waals surface area contributed by atoms with E-state index in [4.69, 9.17) is 4.74 Å². The molecule has 2 nitrogen and oxygen atoms in total. The lowest BCUT2D eigenvalue weighted by Crippen LogP contribution is -2.30. The predicted octanol–water partition coefficient (Wildman–Crippen LogP) is 3.25. The van der Waals surface area contributed by atoms with Crippen molar-refractivity contribution in [2.75, 3.05) is 13.1 Å². The highest BCUT2D eigenvalue weighted by atomic mass is 79.9. The fraction of sp³-hybridized carbons (Fsp3) is 0.333. The van der Waals surface area contributed by atoms with E-state index in [2.05, 4.69) is 49.8 Å². The van der Waals surface area contributed by atoms with Gasteiger partial charge in [0.1, 0.15) is 11.9 Å². The molecule has 1 atom stereocenters. The Balaban J connectivity index is 1.88. The van der Waals surface area contributed by atoms with Crippen LogP contribution in [0, 0.1) is 0 Å². The van der Waals surface area contributed by atoms with Crippen molar-refractivity contribution >= 4 is 31.9 Å². The summed E-state index contributed by atoms with van der Waals surface area (Å²) in [5, 5.41) is 3.29. The van der Waals surface area contributed by atoms with Gasteiger partial charge in [0.2, 0.25) is 0 Å². The Kier molecular flexibility index (Phi) is 4.05. The lowest BCUT2D eigenvalue weighted by molar-refractivity contribution is 0.229. The molecule has 0 saturated carbocycles. The molecule has 0 spiro atoms. The van der Waals surface area contributed by atoms with Crippen molar-refractivity contribution in [1.82, 2.24) is 5.32 Å². The van der Waals surface area contributed by atoms with Gasteiger partial charge >= 0.3 is 0 Å². The lowest BCUT2D eigenvalue weighted by Gasteiger charge is -2.11. The number of halogens is 2. The summed E-state index contributed by atoms with van der Waals surface area (Å²) in [5.41, 5.74) is 1.28. The molecule has 0 amide bonds. The van der Waals surface area contributed by atoms with E-state index < -0.39 is 0 Å². The first-order chi connectivity index (χ1) is 7.65. The highest BCUT2D eigenvalue weighted by Gasteiger charge is 2.22. The van der Waals surface area contributed by atoms with Crippen LogP contribution >= 0.6 is 31.9 Å². The molecule has 1 N–H and O–H groups in total. The zero-order chi connectivity index (χ0) is 11.5. The van der Waals surface area contributed by atoms with E-state index in [-0.39, 0.29) is 6.10 Å². The van der Waals surface area contributed by atoms with Gasteiger partial charge in [0.05, 0.1) is 0 Å². The smallest absolute Gasteiger partial charge is 0.123 e. The average molecular weight is 347 g/mol. The second kappa shape index (κ2) is 5.34. The summed E-state index contributed by atoms with van der Waals surface area (Å²) in [4.78, 5) is 0. The molecule has 86 valence electrons. The zero-order valence-corrected chi connectivity index (χ0v) is 12.0. The van der Waals surface area contributed by atoms with Gasteiger partial charge in [0.15, 0.2) is 0 Å². The Bertz CT molecular complexity index is 406. The van der Waals surface area contributed by atoms with Crippen LogP contribution in [-0.4, -0.2) is 19.2 Å². The van der Waals surface area contributed by atoms with E-state index in [1.807, 2.05) is 12.1 Å². The van der Waals surface area contributed by atoms with Crippen LogP contribution in [0.25, 0.3) is 0 Å². The van der Waals surface area contributed by atoms with Crippen LogP contribution in [0.1, 0.15) is 5.56 Å². The number of nitrogens with one attached hydrogen (secondary N) is 1. The third kappa shape index (κ3) is 3.09. The van der Waals surface area contributed by atoms with E-state index in [0.717, 1.165) is 34.2 Å². The van der Waals surface area contributed by atoms with Crippen molar-refractivity contribution in [3.05, 3.63) is 39.3 Å². The molecule has 4 heteroatoms. The van der Waals surface area contributed by atoms with Crippen LogP contribution in [-0.2, 0) is 6.42 Å². The number of benzene rings is 1. The Morgan fingerprint density at radius 1 is 1.56 bits per heavy atom. The number of fused-ring (bicyclic) bond motifs is 1. The molecular weight excluding hydrogens is 334 g/mol. The summed E-state index contributed by atoms with van der Waals surface area (Å²) < 4.78 is 7.89. The summed E-state index contributed by atoms with van der Waals surface area (Å²) in [6.07, 6.45) is 1.20. The Labute approximate surface area is 112 Å². The minimum atomic E-state index is 0.233. The third-order valence-electron chi connectivity index (χ3n) is 2.45. The van der Waals surface area contributed by atoms with Gasteiger partial charge < -0.3 is 10.1 Å². The van der Waals surface area contributed by atoms with Crippen LogP contribution in [0.4, 0.5) is 0 Å². The van der Waals surface area contributed by atoms with Gasteiger partial charge in [-0.05, 0) is 23.8 Å². The number of ether oxygens (including phenoxy) is 1. The van der Waals surface area contributed by atoms with Gasteiger partial charge in [-0.15, -0.1) is 0 Å². The van der Waals surface area contributed by atoms with Crippen molar-refractivity contribution in [3.8, 4) is 5.75 Å². The second-order valence-electron chi connectivity index (χ2n) is 3.84. The molecule has 1 aromatic rings. The number of hydrogen-bond acceptors (Lipinski definition) is 2. The fourth-order valence-electron chi connectivity index (χ4n) is 1.77. The topological polar surface area (TPSA) is 21.3 Å². The van der Waals surface area contributed by atoms with E-state index in [9.17, 15) is 0 Å². The van der Waals surface area contributed by atoms with E-state index in [1.165, 1.54) is 5.56 Å². The first kappa shape index (κ1) is 12.1. The zero-order valence-electron chi connectivity index (χ0n) is 8.80. The second-order valence-corrected chi connectivity index (χ2v) is 5.88. The number of rotatable bonds is 4. The van der Waals surface area contributed by atoms with Crippen molar-refractivity contribution in [2.24, 2.45) is 0 Å². The molecule has 1 aliphatic heterocycles. The molecule has 0 aliphatic carbocycles. The molecule has 16 heavy (non-hydrogen) atoms. The van der Waals surface area contributed by atoms with E-state index in [1.54, 1.807) is 0 Å². The summed E-state index contributed by atoms with van der Waals surface area (Å²) in [7, 11) is 0. The predicted molar refractivity (Wildman–Crippen MR) is 73.2 cm³/mol. The van der Waals surface area contributed by atoms with E-state index >= 15 is 0 Å². The summed E-state index contributed by atoms with van der Waals surface area (Å²) in [6, 6.07) is 6.15. The normalized spacial score (nSPS) is 18.0. The molecule has 1 heterocycles. The maximum absolute atomic E-state index is 5.82. The molecule has 0 aromatic heterocycles. The van der Waals surface area contributed by atoms with Gasteiger partial charge in [0, 0.05) is 28.5 Å². The highest BCUT2D eigenvalue weighted by Crippen LogP contribution is 2.30. The van der Waals surface area contributed by atoms with Crippen molar-refractivity contribution in [2.45, 2.75) is 12.5 Å². The van der Waals surface area contributed by atoms with Crippen LogP contribution in [0.5, 0.6) is 5.75 Å². The van der Waals surface area contributed by atoms with Crippen LogP contribution in [0.3, 0.4) is 0 Å². The molecule has 2 rings (SSSR count). The Morgan fingerprint density at radius 2 is 2.38 bits per heavy atom. The summed E-state index contributed by atoms with van der Waals surface area (Å²) in [5.74, 6) is 1.01. The van der Waals surface area contributed by atoms with E-state index in [0.29, 0.717) is 0 Å². The standard InChI is InChI=1S/C12H13Br2NO/c1-8(13)6-15-7-11-5-9-4-10(14)2-3-12(9)16-11/h2-4,11,15H,1,5-7H2. The summed E-state index contributed by atoms with van der Waals surface area (Å²) in [6.45, 7) is 5.40. The third-order valence-corrected chi connectivity index (χ3v) is 3.23. The first-order valence-electron chi connectivity index (χ1n) is 5.14. The van der Waals surface area contributed by atoms with Gasteiger partial charge in [-0.25, -0.2) is 0 Å². The SMILES string of the molecule is C=C(Br)CNCC1Cc2cc(Br)ccc2O1. The maximum Gasteiger partial charge on any atom is 0.123 e. The van der Waals surface area contributed by atoms with Gasteiger partial charge in [-0.2, -0.15) is 0 Å². The molecule has 1 aromatic carbocycles. The van der Waals surface area contributed by atoms with Crippen molar-refractivity contribution < 1.29 is 4.74 Å². The Morgan fingerprint density at radius 3 is 3.12 bits per heavy atom. The van der Waals surface area contributed by atoms with Gasteiger partial charge in [0.25, 0.3) is 0 Å². The Hall–Kier alpha value is -0.320. The highest BCUT2D eigenvalue weighted by molar-refractivity contribution is 9.11. The van der Waals surface area contributed by atoms with Crippen LogP contribution in [0.2, 0.25) is 0 Å². The molecule has 0 fully saturated rings. The van der Waals surface area contributed by atoms with Crippen LogP contribution in [0.15, 0.2) is 33.7 Å². The minimum Gasteiger partial charge on any atom is -0.488 e. The monoisotopic (exact) mass is 345 g/mol. The molecular formula is C12H13Br2NO. The molecule has 0 saturated heterocycles. The number of hydrogen-bond donors (Lipinski definition) is 1. The molecule has 1 unspecified atom stereocenters. The average Bonchev–Trinajstić information content (AvgIpc) is 2.58. The quantitative estimate of drug-likeness (QED) is 0.903. The first-order valence-corrected chi connectivity index (χ1v) is 6.73. The largest absolute Gasteiger partial charge is 0.488 e. The van der Waals surface area contributed by atoms with Crippen molar-refractivity contribution in [3.63, 3.8) is 0 Å². The molecule has 0 bridgehead atoms. The fourth-order valence-corrected chi connectivity index (χ4v) is 2.38. The van der Waals surface area contributed by atoms with Gasteiger partial charge in [-0.3, -0.25) is 0 Å². The van der Waals surface area contributed by atoms with Gasteiger partial charge in [-0.1, -0.05) is 38.4 Å². The molecule has 1 aliphatic rings. The summed E-state index contributed by atoms with van der Waals surface area (Å²) >= 11 is 6.79. The lowest BCUT2D eigenvalue weighted by atomic mass is 10.1. The maximum atomic E-state index is 5.82. The molecule has 0 radical (unpaired) electrons. The van der Waals surface area contributed by atoms with Crippen LogP contribution < -0.4 is 10.1 Å². The van der Waals surface area contributed by atoms with Crippen molar-refractivity contribution in [1.29, 1.82) is 0 Å². The minimum absolute atomic E-state index is 0.233.